The molecular weight excluding hydrogens is 378 g/mol. The lowest BCUT2D eigenvalue weighted by molar-refractivity contribution is -0.304. The number of aromatic hydroxyl groups is 3. The van der Waals surface area contributed by atoms with E-state index >= 15 is 0 Å². The predicted octanol–water partition coefficient (Wildman–Crippen LogP) is -2.24. The maximum absolute atomic E-state index is 9.92. The summed E-state index contributed by atoms with van der Waals surface area (Å²) in [5.41, 5.74) is 0.809. The van der Waals surface area contributed by atoms with E-state index in [-0.39, 0.29) is 13.2 Å². The average molecular weight is 399 g/mol. The van der Waals surface area contributed by atoms with E-state index in [4.69, 9.17) is 14.6 Å². The summed E-state index contributed by atoms with van der Waals surface area (Å²) in [4.78, 5) is 0. The molecule has 12 heteroatoms. The molecule has 3 rings (SSSR count). The Morgan fingerprint density at radius 2 is 1.71 bits per heavy atom. The van der Waals surface area contributed by atoms with E-state index in [0.717, 1.165) is 0 Å². The highest BCUT2D eigenvalue weighted by Crippen LogP contribution is 2.35. The second-order valence-corrected chi connectivity index (χ2v) is 6.40. The van der Waals surface area contributed by atoms with E-state index in [9.17, 15) is 30.6 Å². The zero-order chi connectivity index (χ0) is 20.4. The van der Waals surface area contributed by atoms with Gasteiger partial charge in [0.05, 0.1) is 26.0 Å². The van der Waals surface area contributed by atoms with Crippen LogP contribution in [0.5, 0.6) is 17.2 Å². The number of aromatic nitrogens is 3. The van der Waals surface area contributed by atoms with Gasteiger partial charge in [-0.15, -0.1) is 5.10 Å². The van der Waals surface area contributed by atoms with Gasteiger partial charge < -0.3 is 45.2 Å². The molecule has 7 N–H and O–H groups in total. The summed E-state index contributed by atoms with van der Waals surface area (Å²) in [6.07, 6.45) is -5.39. The predicted molar refractivity (Wildman–Crippen MR) is 89.1 cm³/mol. The number of aliphatic hydroxyl groups is 4. The first-order valence-corrected chi connectivity index (χ1v) is 8.35. The number of ether oxygens (including phenoxy) is 2. The highest BCUT2D eigenvalue weighted by Gasteiger charge is 2.44. The second kappa shape index (κ2) is 8.26. The van der Waals surface area contributed by atoms with Gasteiger partial charge >= 0.3 is 0 Å². The number of benzene rings is 1. The van der Waals surface area contributed by atoms with Gasteiger partial charge in [0.2, 0.25) is 0 Å². The van der Waals surface area contributed by atoms with Crippen molar-refractivity contribution in [1.29, 1.82) is 0 Å². The molecule has 1 aliphatic heterocycles. The van der Waals surface area contributed by atoms with Crippen LogP contribution in [0.25, 0.3) is 0 Å². The van der Waals surface area contributed by atoms with Gasteiger partial charge in [0.1, 0.15) is 30.1 Å². The fourth-order valence-corrected chi connectivity index (χ4v) is 2.79. The highest BCUT2D eigenvalue weighted by atomic mass is 16.7. The Kier molecular flexibility index (Phi) is 5.98. The number of hydrogen-bond acceptors (Lipinski definition) is 11. The van der Waals surface area contributed by atoms with Crippen molar-refractivity contribution < 1.29 is 45.2 Å². The number of aliphatic hydroxyl groups excluding tert-OH is 4. The second-order valence-electron chi connectivity index (χ2n) is 6.40. The molecule has 5 atom stereocenters. The number of rotatable bonds is 6. The Bertz CT molecular complexity index is 789. The highest BCUT2D eigenvalue weighted by molar-refractivity contribution is 5.51. The molecule has 28 heavy (non-hydrogen) atoms. The first-order valence-electron chi connectivity index (χ1n) is 8.35. The lowest BCUT2D eigenvalue weighted by Crippen LogP contribution is -2.59. The zero-order valence-electron chi connectivity index (χ0n) is 14.5. The first kappa shape index (κ1) is 20.3. The van der Waals surface area contributed by atoms with E-state index in [1.807, 2.05) is 0 Å². The molecule has 1 aromatic heterocycles. The van der Waals surface area contributed by atoms with Crippen molar-refractivity contribution in [1.82, 2.24) is 15.0 Å². The molecule has 154 valence electrons. The summed E-state index contributed by atoms with van der Waals surface area (Å²) in [7, 11) is 0. The van der Waals surface area contributed by atoms with E-state index in [1.165, 1.54) is 23.0 Å². The van der Waals surface area contributed by atoms with E-state index in [1.54, 1.807) is 0 Å². The first-order chi connectivity index (χ1) is 13.3. The smallest absolute Gasteiger partial charge is 0.200 e. The molecule has 0 radical (unpaired) electrons. The molecule has 2 heterocycles. The van der Waals surface area contributed by atoms with E-state index in [2.05, 4.69) is 10.3 Å². The molecule has 0 saturated carbocycles. The maximum atomic E-state index is 9.92. The molecule has 1 fully saturated rings. The van der Waals surface area contributed by atoms with Crippen LogP contribution in [0, 0.1) is 0 Å². The van der Waals surface area contributed by atoms with Crippen molar-refractivity contribution in [3.63, 3.8) is 0 Å². The fraction of sp³-hybridized carbons (Fsp3) is 0.500. The Morgan fingerprint density at radius 1 is 1.04 bits per heavy atom. The van der Waals surface area contributed by atoms with Crippen molar-refractivity contribution in [3.05, 3.63) is 29.6 Å². The van der Waals surface area contributed by atoms with E-state index < -0.39 is 54.6 Å². The third-order valence-corrected chi connectivity index (χ3v) is 4.30. The third kappa shape index (κ3) is 4.16. The van der Waals surface area contributed by atoms with Crippen LogP contribution in [0.1, 0.15) is 11.3 Å². The van der Waals surface area contributed by atoms with Crippen LogP contribution in [0.4, 0.5) is 0 Å². The van der Waals surface area contributed by atoms with Crippen LogP contribution in [0.3, 0.4) is 0 Å². The molecule has 1 aliphatic rings. The van der Waals surface area contributed by atoms with Crippen LogP contribution in [0.2, 0.25) is 0 Å². The Balaban J connectivity index is 1.60. The number of phenols is 3. The van der Waals surface area contributed by atoms with Gasteiger partial charge in [-0.3, -0.25) is 0 Å². The van der Waals surface area contributed by atoms with Crippen LogP contribution < -0.4 is 0 Å². The topological polar surface area (TPSA) is 191 Å². The van der Waals surface area contributed by atoms with Gasteiger partial charge in [-0.1, -0.05) is 5.21 Å². The summed E-state index contributed by atoms with van der Waals surface area (Å²) in [5, 5.41) is 74.7. The summed E-state index contributed by atoms with van der Waals surface area (Å²) >= 11 is 0. The van der Waals surface area contributed by atoms with Crippen molar-refractivity contribution in [2.45, 2.75) is 43.9 Å². The molecule has 1 saturated heterocycles. The Hall–Kier alpha value is -2.48. The van der Waals surface area contributed by atoms with Gasteiger partial charge in [-0.25, -0.2) is 4.68 Å². The lowest BCUT2D eigenvalue weighted by atomic mass is 9.99. The number of hydrogen-bond donors (Lipinski definition) is 7. The minimum Gasteiger partial charge on any atom is -0.504 e. The molecule has 2 unspecified atom stereocenters. The average Bonchev–Trinajstić information content (AvgIpc) is 3.11. The zero-order valence-corrected chi connectivity index (χ0v) is 14.5. The van der Waals surface area contributed by atoms with Crippen LogP contribution in [-0.2, 0) is 22.6 Å². The number of nitrogens with zero attached hydrogens (tertiary/aromatic N) is 3. The molecule has 0 aliphatic carbocycles. The Morgan fingerprint density at radius 3 is 2.36 bits per heavy atom. The van der Waals surface area contributed by atoms with Crippen molar-refractivity contribution in [3.8, 4) is 17.2 Å². The van der Waals surface area contributed by atoms with Crippen molar-refractivity contribution >= 4 is 0 Å². The summed E-state index contributed by atoms with van der Waals surface area (Å²) in [5.74, 6) is -1.56. The summed E-state index contributed by atoms with van der Waals surface area (Å²) in [6, 6.07) is 2.53. The molecule has 0 bridgehead atoms. The standard InChI is InChI=1S/C16H21N3O9/c20-5-11-13(24)14(25)15(26)16(28-11)27-6-8-4-19(18-17-8)3-7-1-9(21)12(23)10(22)2-7/h1-2,4,11,13-16,20-26H,3,5-6H2/t11?,13-,14?,15+,16-/m1/s1. The summed E-state index contributed by atoms with van der Waals surface area (Å²) in [6.45, 7) is -0.573. The van der Waals surface area contributed by atoms with Crippen LogP contribution in [0.15, 0.2) is 18.3 Å². The normalized spacial score (nSPS) is 27.8. The van der Waals surface area contributed by atoms with Gasteiger partial charge in [0, 0.05) is 0 Å². The van der Waals surface area contributed by atoms with Gasteiger partial charge in [-0.2, -0.15) is 0 Å². The van der Waals surface area contributed by atoms with Gasteiger partial charge in [0.15, 0.2) is 23.5 Å². The van der Waals surface area contributed by atoms with Gasteiger partial charge in [-0.05, 0) is 17.7 Å². The third-order valence-electron chi connectivity index (χ3n) is 4.30. The number of phenolic OH excluding ortho intramolecular Hbond substituents is 3. The Labute approximate surface area is 158 Å². The minimum atomic E-state index is -1.54. The quantitative estimate of drug-likeness (QED) is 0.260. The van der Waals surface area contributed by atoms with Crippen LogP contribution in [-0.4, -0.2) is 88.1 Å². The summed E-state index contributed by atoms with van der Waals surface area (Å²) < 4.78 is 12.0. The fourth-order valence-electron chi connectivity index (χ4n) is 2.79. The van der Waals surface area contributed by atoms with E-state index in [0.29, 0.717) is 11.3 Å². The molecule has 12 nitrogen and oxygen atoms in total. The molecule has 0 spiro atoms. The minimum absolute atomic E-state index is 0.133. The van der Waals surface area contributed by atoms with Crippen molar-refractivity contribution in [2.75, 3.05) is 6.61 Å². The monoisotopic (exact) mass is 399 g/mol. The molecule has 2 aromatic rings. The lowest BCUT2D eigenvalue weighted by Gasteiger charge is -2.39. The molecular formula is C16H21N3O9. The molecule has 1 aromatic carbocycles. The maximum Gasteiger partial charge on any atom is 0.200 e. The van der Waals surface area contributed by atoms with Crippen molar-refractivity contribution in [2.24, 2.45) is 0 Å². The van der Waals surface area contributed by atoms with Crippen LogP contribution >= 0.6 is 0 Å². The largest absolute Gasteiger partial charge is 0.504 e. The molecule has 0 amide bonds. The SMILES string of the molecule is OCC1O[C@@H](OCc2cn(Cc3cc(O)c(O)c(O)c3)nn2)[C@@H](O)C(O)[C@@H]1O. The van der Waals surface area contributed by atoms with Gasteiger partial charge in [0.25, 0.3) is 0 Å².